The second kappa shape index (κ2) is 16.5. The van der Waals surface area contributed by atoms with Crippen LogP contribution in [0.3, 0.4) is 0 Å². The highest BCUT2D eigenvalue weighted by Crippen LogP contribution is 2.10. The molecule has 0 aromatic carbocycles. The zero-order valence-electron chi connectivity index (χ0n) is 13.7. The summed E-state index contributed by atoms with van der Waals surface area (Å²) in [6.07, 6.45) is 14.3. The second-order valence-corrected chi connectivity index (χ2v) is 5.89. The number of rotatable bonds is 16. The zero-order chi connectivity index (χ0) is 14.9. The Balaban J connectivity index is 3.04. The normalized spacial score (nSPS) is 12.3. The quantitative estimate of drug-likeness (QED) is 0.339. The van der Waals surface area contributed by atoms with Crippen molar-refractivity contribution < 1.29 is 9.53 Å². The Labute approximate surface area is 125 Å². The highest BCUT2D eigenvalue weighted by atomic mass is 16.5. The molecule has 0 aliphatic heterocycles. The lowest BCUT2D eigenvalue weighted by atomic mass is 10.1. The van der Waals surface area contributed by atoms with Crippen molar-refractivity contribution >= 4 is 6.41 Å². The molecule has 3 nitrogen and oxygen atoms in total. The third-order valence-electron chi connectivity index (χ3n) is 3.59. The third-order valence-corrected chi connectivity index (χ3v) is 3.59. The fourth-order valence-electron chi connectivity index (χ4n) is 2.28. The molecule has 1 N–H and O–H groups in total. The summed E-state index contributed by atoms with van der Waals surface area (Å²) in [6.45, 7) is 6.68. The summed E-state index contributed by atoms with van der Waals surface area (Å²) < 4.78 is 5.61. The number of hydrogen-bond donors (Lipinski definition) is 1. The molecule has 1 atom stereocenters. The first kappa shape index (κ1) is 19.4. The highest BCUT2D eigenvalue weighted by molar-refractivity contribution is 5.45. The summed E-state index contributed by atoms with van der Waals surface area (Å²) >= 11 is 0. The molecule has 0 bridgehead atoms. The van der Waals surface area contributed by atoms with Crippen LogP contribution in [0.15, 0.2) is 0 Å². The maximum atomic E-state index is 10.1. The zero-order valence-corrected chi connectivity index (χ0v) is 13.7. The van der Waals surface area contributed by atoms with E-state index in [0.29, 0.717) is 12.5 Å². The van der Waals surface area contributed by atoms with E-state index in [4.69, 9.17) is 4.74 Å². The summed E-state index contributed by atoms with van der Waals surface area (Å²) in [5, 5.41) is 2.68. The van der Waals surface area contributed by atoms with E-state index in [1.54, 1.807) is 0 Å². The van der Waals surface area contributed by atoms with E-state index in [9.17, 15) is 4.79 Å². The molecule has 0 aromatic rings. The summed E-state index contributed by atoms with van der Waals surface area (Å²) in [6, 6.07) is 0. The van der Waals surface area contributed by atoms with E-state index in [1.807, 2.05) is 0 Å². The largest absolute Gasteiger partial charge is 0.381 e. The van der Waals surface area contributed by atoms with E-state index in [0.717, 1.165) is 19.6 Å². The molecular weight excluding hydrogens is 250 g/mol. The third kappa shape index (κ3) is 15.5. The van der Waals surface area contributed by atoms with Crippen molar-refractivity contribution in [3.05, 3.63) is 0 Å². The van der Waals surface area contributed by atoms with E-state index < -0.39 is 0 Å². The molecule has 0 radical (unpaired) electrons. The molecule has 1 amide bonds. The Bertz CT molecular complexity index is 197. The predicted octanol–water partition coefficient (Wildman–Crippen LogP) is 4.31. The lowest BCUT2D eigenvalue weighted by Crippen LogP contribution is -2.22. The molecule has 0 rings (SSSR count). The van der Waals surface area contributed by atoms with Crippen LogP contribution in [0.25, 0.3) is 0 Å². The van der Waals surface area contributed by atoms with E-state index in [-0.39, 0.29) is 0 Å². The van der Waals surface area contributed by atoms with E-state index >= 15 is 0 Å². The first-order valence-electron chi connectivity index (χ1n) is 8.56. The van der Waals surface area contributed by atoms with Gasteiger partial charge in [0.15, 0.2) is 0 Å². The van der Waals surface area contributed by atoms with Crippen LogP contribution in [0.5, 0.6) is 0 Å². The Morgan fingerprint density at radius 1 is 0.950 bits per heavy atom. The van der Waals surface area contributed by atoms with Gasteiger partial charge in [-0.1, -0.05) is 71.6 Å². The van der Waals surface area contributed by atoms with Crippen molar-refractivity contribution in [2.75, 3.05) is 19.8 Å². The number of hydrogen-bond acceptors (Lipinski definition) is 2. The van der Waals surface area contributed by atoms with Crippen LogP contribution in [-0.2, 0) is 9.53 Å². The molecule has 120 valence electrons. The van der Waals surface area contributed by atoms with Gasteiger partial charge in [-0.05, 0) is 12.3 Å². The number of carbonyl (C=O) groups is 1. The van der Waals surface area contributed by atoms with Gasteiger partial charge < -0.3 is 10.1 Å². The van der Waals surface area contributed by atoms with Crippen LogP contribution >= 0.6 is 0 Å². The summed E-state index contributed by atoms with van der Waals surface area (Å²) in [5.41, 5.74) is 0. The van der Waals surface area contributed by atoms with Crippen LogP contribution in [0, 0.1) is 5.92 Å². The van der Waals surface area contributed by atoms with Gasteiger partial charge in [-0.3, -0.25) is 4.79 Å². The predicted molar refractivity (Wildman–Crippen MR) is 85.9 cm³/mol. The summed E-state index contributed by atoms with van der Waals surface area (Å²) in [7, 11) is 0. The van der Waals surface area contributed by atoms with Crippen LogP contribution in [-0.4, -0.2) is 26.2 Å². The Morgan fingerprint density at radius 2 is 1.50 bits per heavy atom. The van der Waals surface area contributed by atoms with Gasteiger partial charge in [0.25, 0.3) is 0 Å². The maximum Gasteiger partial charge on any atom is 0.207 e. The molecule has 0 spiro atoms. The van der Waals surface area contributed by atoms with Crippen LogP contribution in [0.2, 0.25) is 0 Å². The lowest BCUT2D eigenvalue weighted by Gasteiger charge is -2.11. The van der Waals surface area contributed by atoms with Crippen molar-refractivity contribution in [1.82, 2.24) is 5.32 Å². The van der Waals surface area contributed by atoms with Crippen LogP contribution < -0.4 is 5.32 Å². The summed E-state index contributed by atoms with van der Waals surface area (Å²) in [4.78, 5) is 10.1. The minimum absolute atomic E-state index is 0.406. The fourth-order valence-corrected chi connectivity index (χ4v) is 2.28. The molecule has 3 heteroatoms. The smallest absolute Gasteiger partial charge is 0.207 e. The SMILES string of the molecule is CCCCCCCCCCCCOCC(C)CNC=O. The topological polar surface area (TPSA) is 38.3 Å². The highest BCUT2D eigenvalue weighted by Gasteiger charge is 2.00. The maximum absolute atomic E-state index is 10.1. The first-order valence-corrected chi connectivity index (χ1v) is 8.56. The fraction of sp³-hybridized carbons (Fsp3) is 0.941. The van der Waals surface area contributed by atoms with Crippen molar-refractivity contribution in [1.29, 1.82) is 0 Å². The molecule has 0 fully saturated rings. The number of nitrogens with one attached hydrogen (secondary N) is 1. The van der Waals surface area contributed by atoms with Gasteiger partial charge in [0, 0.05) is 13.2 Å². The number of unbranched alkanes of at least 4 members (excludes halogenated alkanes) is 9. The molecule has 1 unspecified atom stereocenters. The Kier molecular flexibility index (Phi) is 16.0. The Morgan fingerprint density at radius 3 is 2.05 bits per heavy atom. The molecule has 0 saturated heterocycles. The van der Waals surface area contributed by atoms with Gasteiger partial charge in [0.1, 0.15) is 0 Å². The molecule has 0 aliphatic carbocycles. The number of ether oxygens (including phenoxy) is 1. The van der Waals surface area contributed by atoms with Gasteiger partial charge in [-0.15, -0.1) is 0 Å². The monoisotopic (exact) mass is 285 g/mol. The van der Waals surface area contributed by atoms with E-state index in [1.165, 1.54) is 64.2 Å². The van der Waals surface area contributed by atoms with Gasteiger partial charge in [-0.25, -0.2) is 0 Å². The van der Waals surface area contributed by atoms with Gasteiger partial charge in [0.05, 0.1) is 6.61 Å². The molecular formula is C17H35NO2. The van der Waals surface area contributed by atoms with Gasteiger partial charge >= 0.3 is 0 Å². The lowest BCUT2D eigenvalue weighted by molar-refractivity contribution is -0.109. The minimum atomic E-state index is 0.406. The van der Waals surface area contributed by atoms with Crippen molar-refractivity contribution in [2.24, 2.45) is 5.92 Å². The molecule has 0 saturated carbocycles. The van der Waals surface area contributed by atoms with Crippen LogP contribution in [0.4, 0.5) is 0 Å². The van der Waals surface area contributed by atoms with Crippen LogP contribution in [0.1, 0.15) is 78.1 Å². The Hall–Kier alpha value is -0.570. The molecule has 0 heterocycles. The number of carbonyl (C=O) groups excluding carboxylic acids is 1. The van der Waals surface area contributed by atoms with Crippen molar-refractivity contribution in [2.45, 2.75) is 78.1 Å². The standard InChI is InChI=1S/C17H35NO2/c1-3-4-5-6-7-8-9-10-11-12-13-20-15-17(2)14-18-16-19/h16-17H,3-15H2,1-2H3,(H,18,19). The van der Waals surface area contributed by atoms with Crippen molar-refractivity contribution in [3.63, 3.8) is 0 Å². The van der Waals surface area contributed by atoms with Crippen molar-refractivity contribution in [3.8, 4) is 0 Å². The second-order valence-electron chi connectivity index (χ2n) is 5.89. The number of amides is 1. The van der Waals surface area contributed by atoms with E-state index in [2.05, 4.69) is 19.2 Å². The minimum Gasteiger partial charge on any atom is -0.381 e. The molecule has 20 heavy (non-hydrogen) atoms. The molecule has 0 aliphatic rings. The van der Waals surface area contributed by atoms with Gasteiger partial charge in [-0.2, -0.15) is 0 Å². The first-order chi connectivity index (χ1) is 9.81. The summed E-state index contributed by atoms with van der Waals surface area (Å²) in [5.74, 6) is 0.406. The molecule has 0 aromatic heterocycles. The average Bonchev–Trinajstić information content (AvgIpc) is 2.46. The average molecular weight is 285 g/mol. The van der Waals surface area contributed by atoms with Gasteiger partial charge in [0.2, 0.25) is 6.41 Å².